The first kappa shape index (κ1) is 24.2. The average molecular weight is 490 g/mol. The lowest BCUT2D eigenvalue weighted by molar-refractivity contribution is -0.384. The monoisotopic (exact) mass is 489 g/mol. The van der Waals surface area contributed by atoms with Crippen LogP contribution in [-0.2, 0) is 0 Å². The van der Waals surface area contributed by atoms with Gasteiger partial charge in [-0.25, -0.2) is 0 Å². The van der Waals surface area contributed by atoms with Gasteiger partial charge in [0.05, 0.1) is 16.0 Å². The van der Waals surface area contributed by atoms with Crippen LogP contribution in [0.2, 0.25) is 5.02 Å². The smallest absolute Gasteiger partial charge is 0.282 e. The molecule has 1 atom stereocenters. The van der Waals surface area contributed by atoms with Gasteiger partial charge >= 0.3 is 0 Å². The summed E-state index contributed by atoms with van der Waals surface area (Å²) in [6, 6.07) is 17.5. The van der Waals surface area contributed by atoms with Crippen molar-refractivity contribution in [2.45, 2.75) is 33.7 Å². The van der Waals surface area contributed by atoms with E-state index in [0.717, 1.165) is 27.8 Å². The molecular weight excluding hydrogens is 466 g/mol. The van der Waals surface area contributed by atoms with Gasteiger partial charge in [0, 0.05) is 11.6 Å². The third-order valence-corrected chi connectivity index (χ3v) is 6.21. The lowest BCUT2D eigenvalue weighted by atomic mass is 9.93. The minimum absolute atomic E-state index is 0.0119. The fraction of sp³-hybridized carbons (Fsp3) is 0.185. The van der Waals surface area contributed by atoms with Gasteiger partial charge in [-0.1, -0.05) is 70.9 Å². The van der Waals surface area contributed by atoms with E-state index in [4.69, 9.17) is 16.1 Å². The first-order chi connectivity index (χ1) is 16.7. The largest absolute Gasteiger partial charge is 0.354 e. The Morgan fingerprint density at radius 1 is 1.03 bits per heavy atom. The van der Waals surface area contributed by atoms with Crippen molar-refractivity contribution in [2.75, 3.05) is 0 Å². The highest BCUT2D eigenvalue weighted by atomic mass is 35.5. The summed E-state index contributed by atoms with van der Waals surface area (Å²) in [4.78, 5) is 25.0. The molecule has 0 bridgehead atoms. The third kappa shape index (κ3) is 4.68. The molecule has 4 rings (SSSR count). The summed E-state index contributed by atoms with van der Waals surface area (Å²) in [5.41, 5.74) is 4.66. The van der Waals surface area contributed by atoms with Gasteiger partial charge in [0.1, 0.15) is 16.8 Å². The Hall–Kier alpha value is -3.97. The number of nitrogens with zero attached hydrogens (tertiary/aromatic N) is 2. The van der Waals surface area contributed by atoms with Crippen molar-refractivity contribution in [1.29, 1.82) is 0 Å². The topological polar surface area (TPSA) is 98.3 Å². The summed E-state index contributed by atoms with van der Waals surface area (Å²) in [7, 11) is 0. The SMILES string of the molecule is Cc1cc(C)c(-c2noc(-c3c(Cl)cccc3[N+](=O)[O-])c2C(=O)N[C@H](C)c2ccccc2)c(C)c1. The lowest BCUT2D eigenvalue weighted by Gasteiger charge is -2.16. The molecule has 0 radical (unpaired) electrons. The maximum Gasteiger partial charge on any atom is 0.282 e. The maximum atomic E-state index is 13.7. The maximum absolute atomic E-state index is 13.7. The summed E-state index contributed by atoms with van der Waals surface area (Å²) >= 11 is 6.40. The predicted molar refractivity (Wildman–Crippen MR) is 136 cm³/mol. The molecule has 1 amide bonds. The highest BCUT2D eigenvalue weighted by Gasteiger charge is 2.32. The van der Waals surface area contributed by atoms with Crippen molar-refractivity contribution in [1.82, 2.24) is 10.5 Å². The van der Waals surface area contributed by atoms with E-state index in [0.29, 0.717) is 5.69 Å². The Balaban J connectivity index is 1.94. The molecule has 1 heterocycles. The van der Waals surface area contributed by atoms with Crippen LogP contribution in [0.5, 0.6) is 0 Å². The van der Waals surface area contributed by atoms with Gasteiger partial charge in [-0.3, -0.25) is 14.9 Å². The molecule has 1 N–H and O–H groups in total. The summed E-state index contributed by atoms with van der Waals surface area (Å²) in [5, 5.41) is 19.1. The van der Waals surface area contributed by atoms with Crippen molar-refractivity contribution < 1.29 is 14.2 Å². The fourth-order valence-electron chi connectivity index (χ4n) is 4.38. The number of nitrogens with one attached hydrogen (secondary N) is 1. The van der Waals surface area contributed by atoms with Gasteiger partial charge in [-0.05, 0) is 50.5 Å². The van der Waals surface area contributed by atoms with Crippen LogP contribution in [-0.4, -0.2) is 16.0 Å². The van der Waals surface area contributed by atoms with E-state index in [1.54, 1.807) is 0 Å². The normalized spacial score (nSPS) is 11.8. The predicted octanol–water partition coefficient (Wildman–Crippen LogP) is 6.99. The summed E-state index contributed by atoms with van der Waals surface area (Å²) in [6.45, 7) is 7.70. The van der Waals surface area contributed by atoms with Gasteiger partial charge in [0.2, 0.25) is 0 Å². The van der Waals surface area contributed by atoms with Crippen LogP contribution in [0.4, 0.5) is 5.69 Å². The first-order valence-electron chi connectivity index (χ1n) is 11.1. The van der Waals surface area contributed by atoms with Crippen molar-refractivity contribution in [3.05, 3.63) is 104 Å². The van der Waals surface area contributed by atoms with E-state index in [9.17, 15) is 14.9 Å². The molecule has 0 spiro atoms. The average Bonchev–Trinajstić information content (AvgIpc) is 3.22. The van der Waals surface area contributed by atoms with Crippen LogP contribution in [0, 0.1) is 30.9 Å². The zero-order valence-electron chi connectivity index (χ0n) is 19.8. The number of carbonyl (C=O) groups excluding carboxylic acids is 1. The molecule has 0 aliphatic heterocycles. The van der Waals surface area contributed by atoms with Crippen LogP contribution in [0.1, 0.15) is 45.6 Å². The number of aryl methyl sites for hydroxylation is 3. The zero-order chi connectivity index (χ0) is 25.3. The van der Waals surface area contributed by atoms with E-state index < -0.39 is 10.8 Å². The molecule has 8 heteroatoms. The number of hydrogen-bond donors (Lipinski definition) is 1. The Labute approximate surface area is 207 Å². The van der Waals surface area contributed by atoms with Crippen molar-refractivity contribution in [3.63, 3.8) is 0 Å². The van der Waals surface area contributed by atoms with Gasteiger partial charge in [0.25, 0.3) is 11.6 Å². The molecular formula is C27H24ClN3O4. The van der Waals surface area contributed by atoms with Gasteiger partial charge < -0.3 is 9.84 Å². The molecule has 0 saturated heterocycles. The van der Waals surface area contributed by atoms with Crippen LogP contribution in [0.15, 0.2) is 65.2 Å². The number of nitro benzene ring substituents is 1. The molecule has 0 aliphatic rings. The fourth-order valence-corrected chi connectivity index (χ4v) is 4.63. The second-order valence-corrected chi connectivity index (χ2v) is 8.91. The standard InChI is InChI=1S/C27H24ClN3O4/c1-15-13-16(2)22(17(3)14-15)25-24(27(32)29-18(4)19-9-6-5-7-10-19)26(35-30-25)23-20(28)11-8-12-21(23)31(33)34/h5-14,18H,1-4H3,(H,29,32)/t18-/m1/s1. The van der Waals surface area contributed by atoms with Crippen LogP contribution >= 0.6 is 11.6 Å². The van der Waals surface area contributed by atoms with Crippen LogP contribution in [0.3, 0.4) is 0 Å². The second-order valence-electron chi connectivity index (χ2n) is 8.51. The number of nitro groups is 1. The van der Waals surface area contributed by atoms with Crippen molar-refractivity contribution in [3.8, 4) is 22.6 Å². The number of rotatable bonds is 6. The van der Waals surface area contributed by atoms with Gasteiger partial charge in [0.15, 0.2) is 5.76 Å². The molecule has 4 aromatic rings. The van der Waals surface area contributed by atoms with E-state index in [2.05, 4.69) is 10.5 Å². The van der Waals surface area contributed by atoms with E-state index in [1.165, 1.54) is 18.2 Å². The van der Waals surface area contributed by atoms with E-state index >= 15 is 0 Å². The van der Waals surface area contributed by atoms with Crippen LogP contribution < -0.4 is 5.32 Å². The van der Waals surface area contributed by atoms with Crippen molar-refractivity contribution in [2.24, 2.45) is 0 Å². The van der Waals surface area contributed by atoms with Gasteiger partial charge in [-0.2, -0.15) is 0 Å². The Morgan fingerprint density at radius 2 is 1.69 bits per heavy atom. The van der Waals surface area contributed by atoms with E-state index in [1.807, 2.05) is 70.2 Å². The Bertz CT molecular complexity index is 1410. The Morgan fingerprint density at radius 3 is 2.31 bits per heavy atom. The minimum atomic E-state index is -0.555. The summed E-state index contributed by atoms with van der Waals surface area (Å²) in [6.07, 6.45) is 0. The summed E-state index contributed by atoms with van der Waals surface area (Å²) in [5.74, 6) is -0.518. The minimum Gasteiger partial charge on any atom is -0.354 e. The molecule has 0 saturated carbocycles. The number of amides is 1. The number of aromatic nitrogens is 1. The molecule has 0 unspecified atom stereocenters. The first-order valence-corrected chi connectivity index (χ1v) is 11.4. The molecule has 0 fully saturated rings. The second kappa shape index (κ2) is 9.72. The number of benzene rings is 3. The van der Waals surface area contributed by atoms with Crippen molar-refractivity contribution >= 4 is 23.2 Å². The molecule has 35 heavy (non-hydrogen) atoms. The van der Waals surface area contributed by atoms with E-state index in [-0.39, 0.29) is 33.6 Å². The van der Waals surface area contributed by atoms with Gasteiger partial charge in [-0.15, -0.1) is 0 Å². The number of halogens is 1. The molecule has 0 aliphatic carbocycles. The third-order valence-electron chi connectivity index (χ3n) is 5.90. The number of hydrogen-bond acceptors (Lipinski definition) is 5. The summed E-state index contributed by atoms with van der Waals surface area (Å²) < 4.78 is 5.66. The Kier molecular flexibility index (Phi) is 6.71. The quantitative estimate of drug-likeness (QED) is 0.232. The highest BCUT2D eigenvalue weighted by molar-refractivity contribution is 6.34. The zero-order valence-corrected chi connectivity index (χ0v) is 20.5. The molecule has 3 aromatic carbocycles. The molecule has 1 aromatic heterocycles. The number of carbonyl (C=O) groups is 1. The highest BCUT2D eigenvalue weighted by Crippen LogP contribution is 2.42. The molecule has 178 valence electrons. The lowest BCUT2D eigenvalue weighted by Crippen LogP contribution is -2.27. The van der Waals surface area contributed by atoms with Crippen LogP contribution in [0.25, 0.3) is 22.6 Å². The molecule has 7 nitrogen and oxygen atoms in total.